The van der Waals surface area contributed by atoms with Crippen molar-refractivity contribution in [3.8, 4) is 11.8 Å². The Labute approximate surface area is 157 Å². The van der Waals surface area contributed by atoms with Crippen LogP contribution in [0.1, 0.15) is 28.4 Å². The second-order valence-corrected chi connectivity index (χ2v) is 5.62. The van der Waals surface area contributed by atoms with Crippen LogP contribution in [0, 0.1) is 11.8 Å². The first-order valence-electron chi connectivity index (χ1n) is 8.15. The van der Waals surface area contributed by atoms with Crippen LogP contribution in [0.4, 0.5) is 0 Å². The summed E-state index contributed by atoms with van der Waals surface area (Å²) in [5, 5.41) is 6.01. The van der Waals surface area contributed by atoms with Crippen molar-refractivity contribution in [2.24, 2.45) is 5.11 Å². The highest BCUT2D eigenvalue weighted by Crippen LogP contribution is 2.08. The van der Waals surface area contributed by atoms with Crippen LogP contribution in [0.5, 0.6) is 0 Å². The van der Waals surface area contributed by atoms with E-state index in [0.29, 0.717) is 11.1 Å². The Balaban J connectivity index is 2.20. The van der Waals surface area contributed by atoms with Crippen LogP contribution < -0.4 is 5.32 Å². The first-order valence-corrected chi connectivity index (χ1v) is 8.15. The molecule has 27 heavy (non-hydrogen) atoms. The summed E-state index contributed by atoms with van der Waals surface area (Å²) < 4.78 is 4.67. The first kappa shape index (κ1) is 19.6. The van der Waals surface area contributed by atoms with Gasteiger partial charge < -0.3 is 10.1 Å². The van der Waals surface area contributed by atoms with Crippen LogP contribution in [0.3, 0.4) is 0 Å². The molecule has 0 unspecified atom stereocenters. The average molecular weight is 362 g/mol. The van der Waals surface area contributed by atoms with Crippen LogP contribution in [0.2, 0.25) is 0 Å². The number of ether oxygens (including phenoxy) is 1. The fourth-order valence-electron chi connectivity index (χ4n) is 2.28. The third-order valence-electron chi connectivity index (χ3n) is 3.71. The van der Waals surface area contributed by atoms with E-state index in [1.165, 1.54) is 14.0 Å². The standard InChI is InChI=1S/C20H18N4O3/c1-14(23-24-21)18(20(26)27-2)22-19(25)17-10-6-9-16(13-17)12-11-15-7-4-3-5-8-15/h3-10,13-14,18H,1-2H3,(H,22,25)/t14-,18+/m1/s1. The van der Waals surface area contributed by atoms with Crippen molar-refractivity contribution in [2.45, 2.75) is 19.0 Å². The lowest BCUT2D eigenvalue weighted by Crippen LogP contribution is -2.47. The fraction of sp³-hybridized carbons (Fsp3) is 0.200. The quantitative estimate of drug-likeness (QED) is 0.290. The maximum atomic E-state index is 12.5. The predicted molar refractivity (Wildman–Crippen MR) is 101 cm³/mol. The Bertz CT molecular complexity index is 925. The molecule has 136 valence electrons. The zero-order valence-corrected chi connectivity index (χ0v) is 14.9. The lowest BCUT2D eigenvalue weighted by atomic mass is 10.1. The van der Waals surface area contributed by atoms with Crippen LogP contribution in [-0.2, 0) is 9.53 Å². The van der Waals surface area contributed by atoms with Crippen LogP contribution in [0.25, 0.3) is 10.4 Å². The lowest BCUT2D eigenvalue weighted by molar-refractivity contribution is -0.143. The van der Waals surface area contributed by atoms with Crippen molar-refractivity contribution >= 4 is 11.9 Å². The van der Waals surface area contributed by atoms with Gasteiger partial charge in [0.25, 0.3) is 5.91 Å². The molecule has 7 heteroatoms. The van der Waals surface area contributed by atoms with Gasteiger partial charge in [-0.15, -0.1) is 0 Å². The van der Waals surface area contributed by atoms with Crippen molar-refractivity contribution in [1.82, 2.24) is 5.32 Å². The van der Waals surface area contributed by atoms with Crippen LogP contribution >= 0.6 is 0 Å². The van der Waals surface area contributed by atoms with Crippen molar-refractivity contribution in [1.29, 1.82) is 0 Å². The lowest BCUT2D eigenvalue weighted by Gasteiger charge is -2.19. The van der Waals surface area contributed by atoms with Crippen molar-refractivity contribution in [2.75, 3.05) is 7.11 Å². The van der Waals surface area contributed by atoms with Gasteiger partial charge in [-0.25, -0.2) is 4.79 Å². The minimum absolute atomic E-state index is 0.330. The van der Waals surface area contributed by atoms with Gasteiger partial charge in [0.15, 0.2) is 0 Å². The van der Waals surface area contributed by atoms with Crippen molar-refractivity contribution in [3.63, 3.8) is 0 Å². The Morgan fingerprint density at radius 2 is 1.78 bits per heavy atom. The third-order valence-corrected chi connectivity index (χ3v) is 3.71. The zero-order chi connectivity index (χ0) is 19.6. The van der Waals surface area contributed by atoms with E-state index in [0.717, 1.165) is 5.56 Å². The maximum absolute atomic E-state index is 12.5. The second kappa shape index (κ2) is 9.66. The normalized spacial score (nSPS) is 11.8. The Kier molecular flexibility index (Phi) is 7.00. The van der Waals surface area contributed by atoms with Gasteiger partial charge in [0.2, 0.25) is 0 Å². The number of rotatable bonds is 5. The van der Waals surface area contributed by atoms with Gasteiger partial charge in [0.05, 0.1) is 13.2 Å². The van der Waals surface area contributed by atoms with Crippen molar-refractivity contribution < 1.29 is 14.3 Å². The summed E-state index contributed by atoms with van der Waals surface area (Å²) in [5.74, 6) is 4.83. The number of carbonyl (C=O) groups excluding carboxylic acids is 2. The molecular weight excluding hydrogens is 344 g/mol. The molecule has 0 aliphatic heterocycles. The molecule has 1 N–H and O–H groups in total. The number of nitrogens with one attached hydrogen (secondary N) is 1. The van der Waals surface area contributed by atoms with E-state index in [-0.39, 0.29) is 0 Å². The van der Waals surface area contributed by atoms with Gasteiger partial charge in [-0.05, 0) is 35.9 Å². The highest BCUT2D eigenvalue weighted by Gasteiger charge is 2.27. The number of hydrogen-bond acceptors (Lipinski definition) is 4. The summed E-state index contributed by atoms with van der Waals surface area (Å²) in [6.45, 7) is 1.52. The molecule has 1 amide bonds. The van der Waals surface area contributed by atoms with Crippen LogP contribution in [0.15, 0.2) is 59.7 Å². The van der Waals surface area contributed by atoms with Gasteiger partial charge in [0, 0.05) is 21.6 Å². The van der Waals surface area contributed by atoms with E-state index in [1.54, 1.807) is 24.3 Å². The molecule has 2 atom stereocenters. The molecule has 0 aliphatic rings. The summed E-state index contributed by atoms with van der Waals surface area (Å²) in [6, 6.07) is 14.3. The zero-order valence-electron chi connectivity index (χ0n) is 14.9. The molecule has 0 spiro atoms. The molecule has 0 fully saturated rings. The van der Waals surface area contributed by atoms with E-state index in [4.69, 9.17) is 5.53 Å². The third kappa shape index (κ3) is 5.63. The maximum Gasteiger partial charge on any atom is 0.328 e. The predicted octanol–water partition coefficient (Wildman–Crippen LogP) is 3.06. The molecule has 2 aromatic carbocycles. The van der Waals surface area contributed by atoms with Crippen LogP contribution in [-0.4, -0.2) is 31.1 Å². The molecule has 0 saturated carbocycles. The molecule has 0 radical (unpaired) electrons. The number of hydrogen-bond donors (Lipinski definition) is 1. The summed E-state index contributed by atoms with van der Waals surface area (Å²) in [6.07, 6.45) is 0. The summed E-state index contributed by atoms with van der Waals surface area (Å²) in [5.41, 5.74) is 10.4. The van der Waals surface area contributed by atoms with E-state index in [9.17, 15) is 9.59 Å². The van der Waals surface area contributed by atoms with Gasteiger partial charge in [-0.2, -0.15) is 0 Å². The fourth-order valence-corrected chi connectivity index (χ4v) is 2.28. The van der Waals surface area contributed by atoms with E-state index < -0.39 is 24.0 Å². The minimum atomic E-state index is -1.09. The summed E-state index contributed by atoms with van der Waals surface area (Å²) in [7, 11) is 1.20. The largest absolute Gasteiger partial charge is 0.467 e. The minimum Gasteiger partial charge on any atom is -0.467 e. The highest BCUT2D eigenvalue weighted by atomic mass is 16.5. The Morgan fingerprint density at radius 1 is 1.11 bits per heavy atom. The van der Waals surface area contributed by atoms with Gasteiger partial charge in [0.1, 0.15) is 6.04 Å². The molecule has 0 heterocycles. The molecule has 7 nitrogen and oxygen atoms in total. The van der Waals surface area contributed by atoms with Gasteiger partial charge >= 0.3 is 5.97 Å². The number of azide groups is 1. The van der Waals surface area contributed by atoms with Crippen molar-refractivity contribution in [3.05, 3.63) is 81.7 Å². The van der Waals surface area contributed by atoms with E-state index in [1.807, 2.05) is 30.3 Å². The number of benzene rings is 2. The molecular formula is C20H18N4O3. The van der Waals surface area contributed by atoms with Gasteiger partial charge in [-0.3, -0.25) is 4.79 Å². The Hall–Kier alpha value is -3.75. The molecule has 0 aliphatic carbocycles. The molecule has 2 rings (SSSR count). The number of nitrogens with zero attached hydrogens (tertiary/aromatic N) is 3. The second-order valence-electron chi connectivity index (χ2n) is 5.62. The molecule has 0 aromatic heterocycles. The molecule has 2 aromatic rings. The number of methoxy groups -OCH3 is 1. The Morgan fingerprint density at radius 3 is 2.44 bits per heavy atom. The summed E-state index contributed by atoms with van der Waals surface area (Å²) in [4.78, 5) is 27.1. The molecule has 0 bridgehead atoms. The number of carbonyl (C=O) groups is 2. The number of esters is 1. The van der Waals surface area contributed by atoms with Gasteiger partial charge in [-0.1, -0.05) is 48.1 Å². The SMILES string of the molecule is COC(=O)[C@@H](NC(=O)c1cccc(C#Cc2ccccc2)c1)[C@@H](C)N=[N+]=[N-]. The van der Waals surface area contributed by atoms with E-state index >= 15 is 0 Å². The smallest absolute Gasteiger partial charge is 0.328 e. The topological polar surface area (TPSA) is 104 Å². The monoisotopic (exact) mass is 362 g/mol. The average Bonchev–Trinajstić information content (AvgIpc) is 2.70. The highest BCUT2D eigenvalue weighted by molar-refractivity contribution is 5.97. The summed E-state index contributed by atoms with van der Waals surface area (Å²) >= 11 is 0. The first-order chi connectivity index (χ1) is 13.0. The molecule has 0 saturated heterocycles. The van der Waals surface area contributed by atoms with E-state index in [2.05, 4.69) is 31.9 Å². The number of amides is 1.